The second-order valence-electron chi connectivity index (χ2n) is 18.6. The zero-order valence-electron chi connectivity index (χ0n) is 41.9. The Balaban J connectivity index is 3.33. The van der Waals surface area contributed by atoms with Crippen LogP contribution in [0.3, 0.4) is 0 Å². The number of nitrogens with zero attached hydrogens (tertiary/aromatic N) is 1. The number of nitrogens with one attached hydrogen (secondary N) is 7. The molecular weight excluding hydrogens is 935 g/mol. The Morgan fingerprint density at radius 1 is 0.549 bits per heavy atom. The highest BCUT2D eigenvalue weighted by Crippen LogP contribution is 2.23. The third-order valence-electron chi connectivity index (χ3n) is 12.3. The Morgan fingerprint density at radius 3 is 1.46 bits per heavy atom. The zero-order valence-corrected chi connectivity index (χ0v) is 41.9. The number of aliphatic hydroxyl groups is 1. The molecule has 16 N–H and O–H groups in total. The second-order valence-corrected chi connectivity index (χ2v) is 18.6. The standard InChI is InChI=1S/C45H77N11O15/c1-9-23(7)35(54-39(64)27(15-18-32(60)61)49-37(62)25(46)13-16-30(47)58)44(69)56-19-11-12-29(56)41(66)52-34(22(5)6)43(68)53-33(21(3)4)42(67)50-26(14-17-31(48)59)38(63)51-28(20-57)40(65)55-36(45(70)71)24(8)10-2/h21-29,33-36,57H,9-20,46H2,1-8H3,(H2,47,58)(H2,48,59)(H,49,62)(H,50,67)(H,51,63)(H,52,66)(H,53,68)(H,54,64)(H,55,65)(H,60,61)(H,70,71)/t23-,24-,25-,26-,27-,28-,29-,33-,34-,35-,36-/m0/s1. The number of carboxylic acids is 2. The molecule has 402 valence electrons. The number of aliphatic carboxylic acids is 2. The highest BCUT2D eigenvalue weighted by Gasteiger charge is 2.42. The molecule has 1 saturated heterocycles. The maximum atomic E-state index is 14.3. The third-order valence-corrected chi connectivity index (χ3v) is 12.3. The molecule has 0 aromatic rings. The number of primary amides is 2. The molecule has 0 aliphatic carbocycles. The molecule has 26 heteroatoms. The molecule has 26 nitrogen and oxygen atoms in total. The van der Waals surface area contributed by atoms with Crippen molar-refractivity contribution in [3.05, 3.63) is 0 Å². The summed E-state index contributed by atoms with van der Waals surface area (Å²) in [7, 11) is 0. The van der Waals surface area contributed by atoms with Crippen molar-refractivity contribution in [3.8, 4) is 0 Å². The summed E-state index contributed by atoms with van der Waals surface area (Å²) in [6.07, 6.45) is -0.847. The maximum Gasteiger partial charge on any atom is 0.326 e. The lowest BCUT2D eigenvalue weighted by Gasteiger charge is -2.33. The van der Waals surface area contributed by atoms with E-state index in [-0.39, 0.29) is 38.6 Å². The van der Waals surface area contributed by atoms with Crippen LogP contribution in [0.1, 0.15) is 120 Å². The largest absolute Gasteiger partial charge is 0.481 e. The number of likely N-dealkylation sites (tertiary alicyclic amines) is 1. The van der Waals surface area contributed by atoms with Gasteiger partial charge in [-0.3, -0.25) is 52.7 Å². The maximum absolute atomic E-state index is 14.3. The van der Waals surface area contributed by atoms with Crippen LogP contribution in [0.25, 0.3) is 0 Å². The van der Waals surface area contributed by atoms with Crippen LogP contribution in [0.5, 0.6) is 0 Å². The molecule has 0 unspecified atom stereocenters. The number of carboxylic acid groups (broad SMARTS) is 2. The Labute approximate surface area is 413 Å². The highest BCUT2D eigenvalue weighted by atomic mass is 16.4. The summed E-state index contributed by atoms with van der Waals surface area (Å²) in [6.45, 7) is 12.2. The van der Waals surface area contributed by atoms with Crippen LogP contribution in [-0.4, -0.2) is 159 Å². The minimum atomic E-state index is -1.67. The third kappa shape index (κ3) is 20.4. The quantitative estimate of drug-likeness (QED) is 0.0312. The van der Waals surface area contributed by atoms with Crippen LogP contribution >= 0.6 is 0 Å². The first-order chi connectivity index (χ1) is 33.1. The molecule has 11 atom stereocenters. The lowest BCUT2D eigenvalue weighted by molar-refractivity contribution is -0.144. The molecule has 1 aliphatic heterocycles. The van der Waals surface area contributed by atoms with Crippen LogP contribution in [-0.2, 0) is 57.5 Å². The number of carbonyl (C=O) groups is 12. The van der Waals surface area contributed by atoms with Gasteiger partial charge in [0.25, 0.3) is 0 Å². The molecule has 10 amide bonds. The number of nitrogens with two attached hydrogens (primary N) is 3. The number of carbonyl (C=O) groups excluding carboxylic acids is 10. The van der Waals surface area contributed by atoms with E-state index in [2.05, 4.69) is 37.2 Å². The van der Waals surface area contributed by atoms with E-state index in [0.29, 0.717) is 19.3 Å². The number of hydrogen-bond donors (Lipinski definition) is 13. The summed E-state index contributed by atoms with van der Waals surface area (Å²) in [4.78, 5) is 157. The first-order valence-corrected chi connectivity index (χ1v) is 23.9. The van der Waals surface area contributed by atoms with Crippen molar-refractivity contribution in [1.82, 2.24) is 42.1 Å². The molecule has 0 spiro atoms. The van der Waals surface area contributed by atoms with E-state index in [4.69, 9.17) is 17.2 Å². The minimum Gasteiger partial charge on any atom is -0.481 e. The van der Waals surface area contributed by atoms with Crippen molar-refractivity contribution >= 4 is 71.0 Å². The number of aliphatic hydroxyl groups excluding tert-OH is 1. The Morgan fingerprint density at radius 2 is 0.972 bits per heavy atom. The monoisotopic (exact) mass is 1010 g/mol. The van der Waals surface area contributed by atoms with Gasteiger partial charge in [0.05, 0.1) is 12.6 Å². The molecule has 1 aliphatic rings. The summed E-state index contributed by atoms with van der Waals surface area (Å²) >= 11 is 0. The molecule has 1 rings (SSSR count). The molecule has 71 heavy (non-hydrogen) atoms. The molecule has 0 radical (unpaired) electrons. The van der Waals surface area contributed by atoms with Crippen LogP contribution in [0.15, 0.2) is 0 Å². The van der Waals surface area contributed by atoms with E-state index in [1.54, 1.807) is 55.4 Å². The Bertz CT molecular complexity index is 1920. The van der Waals surface area contributed by atoms with Gasteiger partial charge in [0.2, 0.25) is 59.1 Å². The van der Waals surface area contributed by atoms with Crippen molar-refractivity contribution < 1.29 is 72.9 Å². The molecule has 0 aromatic heterocycles. The average Bonchev–Trinajstić information content (AvgIpc) is 3.80. The van der Waals surface area contributed by atoms with Crippen molar-refractivity contribution in [2.75, 3.05) is 13.2 Å². The minimum absolute atomic E-state index is 0.0803. The van der Waals surface area contributed by atoms with Gasteiger partial charge < -0.3 is 74.6 Å². The predicted molar refractivity (Wildman–Crippen MR) is 253 cm³/mol. The lowest BCUT2D eigenvalue weighted by Crippen LogP contribution is -2.62. The Kier molecular flexibility index (Phi) is 26.7. The van der Waals surface area contributed by atoms with Crippen molar-refractivity contribution in [3.63, 3.8) is 0 Å². The fourth-order valence-corrected chi connectivity index (χ4v) is 7.45. The second kappa shape index (κ2) is 30.3. The number of hydrogen-bond acceptors (Lipinski definition) is 14. The zero-order chi connectivity index (χ0) is 54.4. The fraction of sp³-hybridized carbons (Fsp3) is 0.733. The SMILES string of the molecule is CC[C@H](C)[C@H](NC(=O)[C@H](CO)NC(=O)[C@H](CCC(N)=O)NC(=O)[C@@H](NC(=O)[C@@H](NC(=O)[C@@H]1CCCN1C(=O)[C@@H](NC(=O)[C@H](CCC(=O)O)NC(=O)[C@@H](N)CCC(N)=O)[C@@H](C)CC)C(C)C)C(C)C)C(=O)O. The van der Waals surface area contributed by atoms with Crippen molar-refractivity contribution in [2.24, 2.45) is 40.9 Å². The van der Waals surface area contributed by atoms with E-state index < -0.39 is 169 Å². The molecule has 0 saturated carbocycles. The lowest BCUT2D eigenvalue weighted by atomic mass is 9.96. The van der Waals surface area contributed by atoms with E-state index in [1.807, 2.05) is 0 Å². The van der Waals surface area contributed by atoms with Gasteiger partial charge in [-0.1, -0.05) is 68.2 Å². The summed E-state index contributed by atoms with van der Waals surface area (Å²) in [5, 5.41) is 46.2. The van der Waals surface area contributed by atoms with Gasteiger partial charge in [0, 0.05) is 25.8 Å². The van der Waals surface area contributed by atoms with E-state index in [1.165, 1.54) is 4.90 Å². The number of amides is 10. The van der Waals surface area contributed by atoms with Crippen molar-refractivity contribution in [1.29, 1.82) is 0 Å². The summed E-state index contributed by atoms with van der Waals surface area (Å²) in [6, 6.07) is -12.3. The van der Waals surface area contributed by atoms with Crippen LogP contribution in [0.2, 0.25) is 0 Å². The van der Waals surface area contributed by atoms with Crippen LogP contribution < -0.4 is 54.4 Å². The van der Waals surface area contributed by atoms with Gasteiger partial charge in [-0.2, -0.15) is 0 Å². The molecular formula is C45H77N11O15. The van der Waals surface area contributed by atoms with E-state index >= 15 is 0 Å². The molecule has 1 fully saturated rings. The van der Waals surface area contributed by atoms with Gasteiger partial charge >= 0.3 is 11.9 Å². The normalized spacial score (nSPS) is 17.6. The average molecular weight is 1010 g/mol. The molecule has 1 heterocycles. The number of rotatable bonds is 32. The van der Waals surface area contributed by atoms with Crippen LogP contribution in [0.4, 0.5) is 0 Å². The first kappa shape index (κ1) is 62.6. The van der Waals surface area contributed by atoms with Gasteiger partial charge in [0.1, 0.15) is 48.3 Å². The van der Waals surface area contributed by atoms with Gasteiger partial charge in [0.15, 0.2) is 0 Å². The Hall–Kier alpha value is -6.44. The van der Waals surface area contributed by atoms with Gasteiger partial charge in [-0.15, -0.1) is 0 Å². The summed E-state index contributed by atoms with van der Waals surface area (Å²) in [5.74, 6) is -13.5. The predicted octanol–water partition coefficient (Wildman–Crippen LogP) is -3.42. The highest BCUT2D eigenvalue weighted by molar-refractivity contribution is 5.98. The smallest absolute Gasteiger partial charge is 0.326 e. The van der Waals surface area contributed by atoms with Crippen LogP contribution in [0, 0.1) is 23.7 Å². The summed E-state index contributed by atoms with van der Waals surface area (Å²) in [5.41, 5.74) is 16.3. The van der Waals surface area contributed by atoms with E-state index in [9.17, 15) is 72.9 Å². The van der Waals surface area contributed by atoms with Gasteiger partial charge in [-0.25, -0.2) is 4.79 Å². The molecule has 0 aromatic carbocycles. The van der Waals surface area contributed by atoms with E-state index in [0.717, 1.165) is 0 Å². The fourth-order valence-electron chi connectivity index (χ4n) is 7.45. The summed E-state index contributed by atoms with van der Waals surface area (Å²) < 4.78 is 0. The topological polar surface area (TPSA) is 431 Å². The molecule has 0 bridgehead atoms. The van der Waals surface area contributed by atoms with Crippen molar-refractivity contribution in [2.45, 2.75) is 174 Å². The first-order valence-electron chi connectivity index (χ1n) is 23.9. The van der Waals surface area contributed by atoms with Gasteiger partial charge in [-0.05, 0) is 55.8 Å².